The number of hydrogen-bond acceptors (Lipinski definition) is 2. The molecule has 2 N–H and O–H groups in total. The highest BCUT2D eigenvalue weighted by Gasteiger charge is 2.10. The van der Waals surface area contributed by atoms with Crippen molar-refractivity contribution in [2.75, 3.05) is 5.32 Å². The van der Waals surface area contributed by atoms with Gasteiger partial charge < -0.3 is 10.3 Å². The molecular weight excluding hydrogens is 312 g/mol. The number of fused-ring (bicyclic) bond motifs is 1. The minimum Gasteiger partial charge on any atom is -0.361 e. The van der Waals surface area contributed by atoms with Gasteiger partial charge in [0.15, 0.2) is 5.78 Å². The molecule has 0 aliphatic carbocycles. The smallest absolute Gasteiger partial charge is 0.228 e. The number of aromatic nitrogens is 1. The van der Waals surface area contributed by atoms with Crippen molar-refractivity contribution in [3.8, 4) is 0 Å². The van der Waals surface area contributed by atoms with Gasteiger partial charge in [0.2, 0.25) is 5.91 Å². The summed E-state index contributed by atoms with van der Waals surface area (Å²) in [5.74, 6) is -0.114. The quantitative estimate of drug-likeness (QED) is 0.706. The first kappa shape index (κ1) is 15.3. The minimum atomic E-state index is -0.114. The fraction of sp³-hybridized carbons (Fsp3) is 0.111. The first-order valence-electron chi connectivity index (χ1n) is 7.19. The van der Waals surface area contributed by atoms with Gasteiger partial charge in [-0.2, -0.15) is 0 Å². The molecule has 23 heavy (non-hydrogen) atoms. The van der Waals surface area contributed by atoms with Gasteiger partial charge in [0.05, 0.1) is 6.42 Å². The van der Waals surface area contributed by atoms with Crippen LogP contribution in [0.25, 0.3) is 10.9 Å². The lowest BCUT2D eigenvalue weighted by atomic mass is 10.1. The summed E-state index contributed by atoms with van der Waals surface area (Å²) in [5.41, 5.74) is 3.11. The molecule has 3 aromatic rings. The van der Waals surface area contributed by atoms with Crippen LogP contribution in [0.2, 0.25) is 5.02 Å². The molecular formula is C18H15ClN2O2. The Morgan fingerprint density at radius 1 is 1.13 bits per heavy atom. The molecule has 0 atom stereocenters. The maximum atomic E-state index is 12.2. The minimum absolute atomic E-state index is 0.000305. The van der Waals surface area contributed by atoms with Gasteiger partial charge in [-0.1, -0.05) is 17.7 Å². The number of carbonyl (C=O) groups is 2. The van der Waals surface area contributed by atoms with E-state index in [9.17, 15) is 9.59 Å². The van der Waals surface area contributed by atoms with Gasteiger partial charge >= 0.3 is 0 Å². The molecule has 0 saturated carbocycles. The second-order valence-corrected chi connectivity index (χ2v) is 5.80. The fourth-order valence-electron chi connectivity index (χ4n) is 2.47. The van der Waals surface area contributed by atoms with Crippen LogP contribution in [0.4, 0.5) is 5.69 Å². The summed E-state index contributed by atoms with van der Waals surface area (Å²) in [6.07, 6.45) is 2.08. The highest BCUT2D eigenvalue weighted by atomic mass is 35.5. The van der Waals surface area contributed by atoms with Crippen molar-refractivity contribution in [2.45, 2.75) is 13.3 Å². The van der Waals surface area contributed by atoms with Crippen molar-refractivity contribution >= 4 is 39.9 Å². The number of ketones is 1. The van der Waals surface area contributed by atoms with Gasteiger partial charge in [-0.3, -0.25) is 9.59 Å². The first-order valence-corrected chi connectivity index (χ1v) is 7.57. The van der Waals surface area contributed by atoms with E-state index in [0.29, 0.717) is 16.3 Å². The fourth-order valence-corrected chi connectivity index (χ4v) is 2.64. The molecule has 0 aliphatic rings. The lowest BCUT2D eigenvalue weighted by Crippen LogP contribution is -2.14. The average Bonchev–Trinajstić information content (AvgIpc) is 2.89. The molecule has 1 heterocycles. The van der Waals surface area contributed by atoms with Crippen LogP contribution in [0.15, 0.2) is 48.7 Å². The molecule has 0 bridgehead atoms. The molecule has 0 radical (unpaired) electrons. The summed E-state index contributed by atoms with van der Waals surface area (Å²) in [6, 6.07) is 12.4. The van der Waals surface area contributed by atoms with Crippen molar-refractivity contribution in [2.24, 2.45) is 0 Å². The third kappa shape index (κ3) is 3.43. The summed E-state index contributed by atoms with van der Waals surface area (Å²) >= 11 is 5.95. The number of aromatic amines is 1. The Kier molecular flexibility index (Phi) is 4.17. The maximum Gasteiger partial charge on any atom is 0.228 e. The molecule has 0 fully saturated rings. The van der Waals surface area contributed by atoms with Crippen LogP contribution in [-0.4, -0.2) is 16.7 Å². The number of nitrogens with one attached hydrogen (secondary N) is 2. The molecule has 1 amide bonds. The zero-order chi connectivity index (χ0) is 16.4. The number of Topliss-reactive ketones (excluding diaryl/α,β-unsaturated/α-hetero) is 1. The van der Waals surface area contributed by atoms with E-state index < -0.39 is 0 Å². The molecule has 0 unspecified atom stereocenters. The van der Waals surface area contributed by atoms with Crippen LogP contribution >= 0.6 is 11.6 Å². The van der Waals surface area contributed by atoms with E-state index in [4.69, 9.17) is 11.6 Å². The molecule has 0 spiro atoms. The van der Waals surface area contributed by atoms with Gasteiger partial charge in [-0.05, 0) is 48.9 Å². The van der Waals surface area contributed by atoms with Crippen molar-refractivity contribution in [1.29, 1.82) is 0 Å². The van der Waals surface area contributed by atoms with Gasteiger partial charge in [-0.15, -0.1) is 0 Å². The summed E-state index contributed by atoms with van der Waals surface area (Å²) in [4.78, 5) is 26.5. The number of carbonyl (C=O) groups excluding carboxylic acids is 2. The molecule has 5 heteroatoms. The Hall–Kier alpha value is -2.59. The van der Waals surface area contributed by atoms with Crippen LogP contribution in [0.1, 0.15) is 22.8 Å². The Balaban J connectivity index is 1.72. The molecule has 116 valence electrons. The number of benzene rings is 2. The normalized spacial score (nSPS) is 10.7. The second kappa shape index (κ2) is 6.26. The summed E-state index contributed by atoms with van der Waals surface area (Å²) < 4.78 is 0. The monoisotopic (exact) mass is 326 g/mol. The van der Waals surface area contributed by atoms with Gasteiger partial charge in [-0.25, -0.2) is 0 Å². The van der Waals surface area contributed by atoms with Crippen molar-refractivity contribution in [3.63, 3.8) is 0 Å². The molecule has 1 aromatic heterocycles. The number of H-pyrrole nitrogens is 1. The van der Waals surface area contributed by atoms with Gasteiger partial charge in [0, 0.05) is 33.4 Å². The van der Waals surface area contributed by atoms with Crippen LogP contribution < -0.4 is 5.32 Å². The van der Waals surface area contributed by atoms with Crippen molar-refractivity contribution in [1.82, 2.24) is 4.98 Å². The average molecular weight is 327 g/mol. The lowest BCUT2D eigenvalue weighted by Gasteiger charge is -2.05. The van der Waals surface area contributed by atoms with E-state index in [1.54, 1.807) is 30.3 Å². The third-order valence-electron chi connectivity index (χ3n) is 3.66. The van der Waals surface area contributed by atoms with Gasteiger partial charge in [0.25, 0.3) is 0 Å². The molecule has 3 rings (SSSR count). The van der Waals surface area contributed by atoms with Crippen molar-refractivity contribution < 1.29 is 9.59 Å². The summed E-state index contributed by atoms with van der Waals surface area (Å²) in [5, 5.41) is 4.47. The highest BCUT2D eigenvalue weighted by Crippen LogP contribution is 2.22. The topological polar surface area (TPSA) is 62.0 Å². The summed E-state index contributed by atoms with van der Waals surface area (Å²) in [6.45, 7) is 1.51. The van der Waals surface area contributed by atoms with Gasteiger partial charge in [0.1, 0.15) is 0 Å². The standard InChI is InChI=1S/C18H15ClN2O2/c1-11(22)12-2-5-15(6-3-12)21-18(23)8-13-10-20-17-9-14(19)4-7-16(13)17/h2-7,9-10,20H,8H2,1H3,(H,21,23). The Labute approximate surface area is 138 Å². The lowest BCUT2D eigenvalue weighted by molar-refractivity contribution is -0.115. The largest absolute Gasteiger partial charge is 0.361 e. The Bertz CT molecular complexity index is 882. The highest BCUT2D eigenvalue weighted by molar-refractivity contribution is 6.31. The number of amides is 1. The Morgan fingerprint density at radius 3 is 2.57 bits per heavy atom. The molecule has 4 nitrogen and oxygen atoms in total. The first-order chi connectivity index (χ1) is 11.0. The predicted molar refractivity (Wildman–Crippen MR) is 92.1 cm³/mol. The van der Waals surface area contributed by atoms with E-state index in [1.165, 1.54) is 6.92 Å². The molecule has 2 aromatic carbocycles. The van der Waals surface area contributed by atoms with E-state index in [2.05, 4.69) is 10.3 Å². The zero-order valence-electron chi connectivity index (χ0n) is 12.5. The van der Waals surface area contributed by atoms with E-state index >= 15 is 0 Å². The van der Waals surface area contributed by atoms with E-state index in [-0.39, 0.29) is 18.1 Å². The number of rotatable bonds is 4. The zero-order valence-corrected chi connectivity index (χ0v) is 13.3. The van der Waals surface area contributed by atoms with Crippen LogP contribution in [-0.2, 0) is 11.2 Å². The van der Waals surface area contributed by atoms with E-state index in [0.717, 1.165) is 16.5 Å². The number of hydrogen-bond donors (Lipinski definition) is 2. The second-order valence-electron chi connectivity index (χ2n) is 5.36. The third-order valence-corrected chi connectivity index (χ3v) is 3.89. The number of halogens is 1. The Morgan fingerprint density at radius 2 is 1.87 bits per heavy atom. The van der Waals surface area contributed by atoms with Crippen LogP contribution in [0.3, 0.4) is 0 Å². The van der Waals surface area contributed by atoms with Crippen LogP contribution in [0.5, 0.6) is 0 Å². The SMILES string of the molecule is CC(=O)c1ccc(NC(=O)Cc2c[nH]c3cc(Cl)ccc23)cc1. The van der Waals surface area contributed by atoms with E-state index in [1.807, 2.05) is 18.3 Å². The number of anilines is 1. The predicted octanol–water partition coefficient (Wildman–Crippen LogP) is 4.21. The molecule has 0 aliphatic heterocycles. The maximum absolute atomic E-state index is 12.2. The summed E-state index contributed by atoms with van der Waals surface area (Å²) in [7, 11) is 0. The molecule has 0 saturated heterocycles. The van der Waals surface area contributed by atoms with Crippen LogP contribution in [0, 0.1) is 0 Å². The van der Waals surface area contributed by atoms with Crippen molar-refractivity contribution in [3.05, 3.63) is 64.8 Å².